The van der Waals surface area contributed by atoms with Gasteiger partial charge in [0.1, 0.15) is 5.52 Å². The van der Waals surface area contributed by atoms with Gasteiger partial charge in [-0.1, -0.05) is 15.9 Å². The summed E-state index contributed by atoms with van der Waals surface area (Å²) in [5, 5.41) is 14.6. The molecule has 1 heterocycles. The molecule has 13 heavy (non-hydrogen) atoms. The second kappa shape index (κ2) is 3.08. The molecule has 0 bridgehead atoms. The summed E-state index contributed by atoms with van der Waals surface area (Å²) in [7, 11) is 0. The van der Waals surface area contributed by atoms with E-state index in [2.05, 4.69) is 26.0 Å². The van der Waals surface area contributed by atoms with Crippen molar-refractivity contribution < 1.29 is 4.85 Å². The van der Waals surface area contributed by atoms with E-state index in [1.165, 1.54) is 0 Å². The first-order valence-electron chi connectivity index (χ1n) is 3.39. The van der Waals surface area contributed by atoms with E-state index in [4.69, 9.17) is 11.6 Å². The standard InChI is InChI=1S/C7H3BrClN3O/c8-4-1-2-5-6(3-4)12(13)11-7(9)10-5/h1-3H. The van der Waals surface area contributed by atoms with Crippen LogP contribution in [-0.4, -0.2) is 10.1 Å². The fraction of sp³-hybridized carbons (Fsp3) is 0. The molecule has 0 atom stereocenters. The zero-order chi connectivity index (χ0) is 9.42. The van der Waals surface area contributed by atoms with Crippen LogP contribution in [0.1, 0.15) is 0 Å². The highest BCUT2D eigenvalue weighted by Crippen LogP contribution is 2.15. The molecule has 0 aliphatic rings. The predicted molar refractivity (Wildman–Crippen MR) is 51.2 cm³/mol. The van der Waals surface area contributed by atoms with E-state index in [0.29, 0.717) is 15.9 Å². The second-order valence-corrected chi connectivity index (χ2v) is 3.64. The maximum absolute atomic E-state index is 11.2. The average molecular weight is 260 g/mol. The lowest BCUT2D eigenvalue weighted by atomic mass is 10.3. The molecule has 1 aromatic heterocycles. The lowest BCUT2D eigenvalue weighted by molar-refractivity contribution is -0.643. The van der Waals surface area contributed by atoms with E-state index in [0.717, 1.165) is 4.47 Å². The zero-order valence-electron chi connectivity index (χ0n) is 6.24. The SMILES string of the molecule is [O-][n+]1nc(Cl)nc2ccc(Br)cc21. The molecule has 2 aromatic rings. The fourth-order valence-corrected chi connectivity index (χ4v) is 1.50. The van der Waals surface area contributed by atoms with Crippen molar-refractivity contribution in [3.8, 4) is 0 Å². The van der Waals surface area contributed by atoms with Crippen molar-refractivity contribution in [1.29, 1.82) is 0 Å². The van der Waals surface area contributed by atoms with Crippen molar-refractivity contribution >= 4 is 38.6 Å². The molecule has 6 heteroatoms. The fourth-order valence-electron chi connectivity index (χ4n) is 0.995. The molecule has 0 radical (unpaired) electrons. The smallest absolute Gasteiger partial charge is 0.290 e. The number of hydrogen-bond acceptors (Lipinski definition) is 3. The zero-order valence-corrected chi connectivity index (χ0v) is 8.58. The van der Waals surface area contributed by atoms with Crippen LogP contribution in [0.15, 0.2) is 22.7 Å². The van der Waals surface area contributed by atoms with Crippen molar-refractivity contribution in [1.82, 2.24) is 10.1 Å². The minimum absolute atomic E-state index is 0.0511. The Balaban J connectivity index is 2.87. The number of hydrogen-bond donors (Lipinski definition) is 0. The molecule has 4 nitrogen and oxygen atoms in total. The van der Waals surface area contributed by atoms with E-state index in [1.54, 1.807) is 18.2 Å². The maximum Gasteiger partial charge on any atom is 0.290 e. The third-order valence-electron chi connectivity index (χ3n) is 1.53. The van der Waals surface area contributed by atoms with Crippen molar-refractivity contribution in [2.45, 2.75) is 0 Å². The first kappa shape index (κ1) is 8.65. The maximum atomic E-state index is 11.2. The van der Waals surface area contributed by atoms with Gasteiger partial charge in [0.25, 0.3) is 10.8 Å². The van der Waals surface area contributed by atoms with Gasteiger partial charge in [-0.25, -0.2) is 4.98 Å². The molecule has 0 saturated heterocycles. The minimum atomic E-state index is -0.0511. The Morgan fingerprint density at radius 3 is 3.00 bits per heavy atom. The van der Waals surface area contributed by atoms with Gasteiger partial charge >= 0.3 is 0 Å². The molecule has 0 aliphatic carbocycles. The molecule has 66 valence electrons. The number of nitrogens with zero attached hydrogens (tertiary/aromatic N) is 3. The van der Waals surface area contributed by atoms with Gasteiger partial charge in [0.15, 0.2) is 0 Å². The van der Waals surface area contributed by atoms with Crippen LogP contribution < -0.4 is 4.85 Å². The Morgan fingerprint density at radius 1 is 1.46 bits per heavy atom. The van der Waals surface area contributed by atoms with Crippen LogP contribution in [0, 0.1) is 5.21 Å². The number of fused-ring (bicyclic) bond motifs is 1. The highest BCUT2D eigenvalue weighted by Gasteiger charge is 2.08. The van der Waals surface area contributed by atoms with E-state index in [1.807, 2.05) is 0 Å². The monoisotopic (exact) mass is 259 g/mol. The van der Waals surface area contributed by atoms with Gasteiger partial charge in [0.05, 0.1) is 0 Å². The minimum Gasteiger partial charge on any atom is -0.594 e. The average Bonchev–Trinajstić information content (AvgIpc) is 2.06. The molecule has 0 N–H and O–H groups in total. The van der Waals surface area contributed by atoms with Crippen molar-refractivity contribution in [3.05, 3.63) is 33.2 Å². The Labute approximate surface area is 86.9 Å². The summed E-state index contributed by atoms with van der Waals surface area (Å²) >= 11 is 8.75. The van der Waals surface area contributed by atoms with Crippen LogP contribution in [0.5, 0.6) is 0 Å². The van der Waals surface area contributed by atoms with Gasteiger partial charge in [-0.3, -0.25) is 0 Å². The van der Waals surface area contributed by atoms with Gasteiger partial charge < -0.3 is 5.21 Å². The normalized spacial score (nSPS) is 10.6. The molecule has 0 saturated carbocycles. The van der Waals surface area contributed by atoms with Crippen LogP contribution in [0.4, 0.5) is 0 Å². The van der Waals surface area contributed by atoms with Gasteiger partial charge in [-0.05, 0) is 28.6 Å². The number of rotatable bonds is 0. The lowest BCUT2D eigenvalue weighted by Gasteiger charge is -1.98. The quantitative estimate of drug-likeness (QED) is 0.535. The second-order valence-electron chi connectivity index (χ2n) is 2.39. The van der Waals surface area contributed by atoms with Gasteiger partial charge in [-0.2, -0.15) is 0 Å². The number of aromatic nitrogens is 3. The molecule has 0 aliphatic heterocycles. The van der Waals surface area contributed by atoms with E-state index >= 15 is 0 Å². The Morgan fingerprint density at radius 2 is 2.23 bits per heavy atom. The highest BCUT2D eigenvalue weighted by molar-refractivity contribution is 9.10. The van der Waals surface area contributed by atoms with Crippen LogP contribution >= 0.6 is 27.5 Å². The predicted octanol–water partition coefficient (Wildman–Crippen LogP) is 1.68. The summed E-state index contributed by atoms with van der Waals surface area (Å²) < 4.78 is 0.801. The van der Waals surface area contributed by atoms with Gasteiger partial charge in [-0.15, -0.1) is 0 Å². The summed E-state index contributed by atoms with van der Waals surface area (Å²) in [6.07, 6.45) is 0. The Bertz CT molecular complexity index is 476. The molecule has 2 rings (SSSR count). The van der Waals surface area contributed by atoms with Gasteiger partial charge in [0.2, 0.25) is 0 Å². The van der Waals surface area contributed by atoms with E-state index in [9.17, 15) is 5.21 Å². The molecule has 0 fully saturated rings. The molecule has 1 aromatic carbocycles. The van der Waals surface area contributed by atoms with Crippen molar-refractivity contribution in [2.24, 2.45) is 0 Å². The summed E-state index contributed by atoms with van der Waals surface area (Å²) in [5.74, 6) is 0. The molecule has 0 spiro atoms. The lowest BCUT2D eigenvalue weighted by Crippen LogP contribution is -2.32. The number of halogens is 2. The van der Waals surface area contributed by atoms with E-state index in [-0.39, 0.29) is 5.28 Å². The van der Waals surface area contributed by atoms with Crippen LogP contribution in [0.3, 0.4) is 0 Å². The van der Waals surface area contributed by atoms with Crippen molar-refractivity contribution in [3.63, 3.8) is 0 Å². The van der Waals surface area contributed by atoms with Crippen LogP contribution in [0.2, 0.25) is 5.28 Å². The van der Waals surface area contributed by atoms with Gasteiger partial charge in [0, 0.05) is 15.6 Å². The Kier molecular flexibility index (Phi) is 2.05. The summed E-state index contributed by atoms with van der Waals surface area (Å²) in [6.45, 7) is 0. The first-order valence-corrected chi connectivity index (χ1v) is 4.56. The third kappa shape index (κ3) is 1.57. The topological polar surface area (TPSA) is 52.7 Å². The molecular weight excluding hydrogens is 257 g/mol. The summed E-state index contributed by atoms with van der Waals surface area (Å²) in [5.41, 5.74) is 0.914. The molecule has 0 amide bonds. The summed E-state index contributed by atoms with van der Waals surface area (Å²) in [6, 6.07) is 5.12. The highest BCUT2D eigenvalue weighted by atomic mass is 79.9. The first-order chi connectivity index (χ1) is 6.16. The summed E-state index contributed by atoms with van der Waals surface area (Å²) in [4.78, 5) is 4.34. The van der Waals surface area contributed by atoms with Crippen LogP contribution in [0.25, 0.3) is 11.0 Å². The Hall–Kier alpha value is -0.940. The third-order valence-corrected chi connectivity index (χ3v) is 2.18. The number of benzene rings is 1. The van der Waals surface area contributed by atoms with Crippen molar-refractivity contribution in [2.75, 3.05) is 0 Å². The van der Waals surface area contributed by atoms with Crippen LogP contribution in [-0.2, 0) is 0 Å². The molecule has 0 unspecified atom stereocenters. The van der Waals surface area contributed by atoms with E-state index < -0.39 is 0 Å². The molecular formula is C7H3BrClN3O. The largest absolute Gasteiger partial charge is 0.594 e.